The fourth-order valence-electron chi connectivity index (χ4n) is 2.00. The monoisotopic (exact) mass is 178 g/mol. The lowest BCUT2D eigenvalue weighted by atomic mass is 9.84. The van der Waals surface area contributed by atoms with Crippen LogP contribution in [0.25, 0.3) is 0 Å². The maximum Gasteiger partial charge on any atom is 0.144 e. The van der Waals surface area contributed by atoms with Gasteiger partial charge in [0.2, 0.25) is 0 Å². The number of carbonyl (C=O) groups excluding carboxylic acids is 1. The van der Waals surface area contributed by atoms with Gasteiger partial charge in [-0.1, -0.05) is 0 Å². The molecule has 1 aliphatic carbocycles. The average Bonchev–Trinajstić information content (AvgIpc) is 2.62. The third-order valence-corrected chi connectivity index (χ3v) is 2.97. The molecule has 0 aliphatic heterocycles. The highest BCUT2D eigenvalue weighted by Crippen LogP contribution is 2.36. The minimum Gasteiger partial charge on any atom is -0.299 e. The van der Waals surface area contributed by atoms with Crippen molar-refractivity contribution in [3.63, 3.8) is 0 Å². The SMILES string of the molecule is Cn1ccc(C2(C)CCCC2=O)n1. The van der Waals surface area contributed by atoms with E-state index in [1.54, 1.807) is 4.68 Å². The van der Waals surface area contributed by atoms with Crippen molar-refractivity contribution in [1.82, 2.24) is 9.78 Å². The van der Waals surface area contributed by atoms with Crippen LogP contribution in [-0.2, 0) is 17.3 Å². The Hall–Kier alpha value is -1.12. The normalized spacial score (nSPS) is 28.3. The van der Waals surface area contributed by atoms with Crippen LogP contribution in [0.2, 0.25) is 0 Å². The van der Waals surface area contributed by atoms with Crippen molar-refractivity contribution < 1.29 is 4.79 Å². The molecule has 1 saturated carbocycles. The lowest BCUT2D eigenvalue weighted by Gasteiger charge is -2.18. The first-order valence-electron chi connectivity index (χ1n) is 4.66. The third kappa shape index (κ3) is 1.19. The van der Waals surface area contributed by atoms with Gasteiger partial charge in [0.25, 0.3) is 0 Å². The zero-order valence-corrected chi connectivity index (χ0v) is 8.08. The summed E-state index contributed by atoms with van der Waals surface area (Å²) in [5, 5.41) is 4.31. The predicted molar refractivity (Wildman–Crippen MR) is 49.4 cm³/mol. The van der Waals surface area contributed by atoms with Gasteiger partial charge in [-0.15, -0.1) is 0 Å². The van der Waals surface area contributed by atoms with Crippen LogP contribution >= 0.6 is 0 Å². The van der Waals surface area contributed by atoms with Crippen molar-refractivity contribution >= 4 is 5.78 Å². The fourth-order valence-corrected chi connectivity index (χ4v) is 2.00. The number of aromatic nitrogens is 2. The Kier molecular flexibility index (Phi) is 1.75. The number of nitrogens with zero attached hydrogens (tertiary/aromatic N) is 2. The van der Waals surface area contributed by atoms with Crippen LogP contribution in [0.4, 0.5) is 0 Å². The lowest BCUT2D eigenvalue weighted by Crippen LogP contribution is -2.27. The summed E-state index contributed by atoms with van der Waals surface area (Å²) in [5.74, 6) is 0.339. The van der Waals surface area contributed by atoms with E-state index in [1.807, 2.05) is 26.2 Å². The first-order valence-corrected chi connectivity index (χ1v) is 4.66. The largest absolute Gasteiger partial charge is 0.299 e. The molecular weight excluding hydrogens is 164 g/mol. The Morgan fingerprint density at radius 2 is 2.38 bits per heavy atom. The van der Waals surface area contributed by atoms with E-state index >= 15 is 0 Å². The van der Waals surface area contributed by atoms with Gasteiger partial charge < -0.3 is 0 Å². The second-order valence-corrected chi connectivity index (χ2v) is 3.98. The van der Waals surface area contributed by atoms with Gasteiger partial charge in [-0.05, 0) is 25.8 Å². The lowest BCUT2D eigenvalue weighted by molar-refractivity contribution is -0.121. The van der Waals surface area contributed by atoms with E-state index in [2.05, 4.69) is 5.10 Å². The average molecular weight is 178 g/mol. The van der Waals surface area contributed by atoms with E-state index < -0.39 is 0 Å². The molecule has 0 saturated heterocycles. The van der Waals surface area contributed by atoms with Gasteiger partial charge in [-0.3, -0.25) is 9.48 Å². The first kappa shape index (κ1) is 8.48. The predicted octanol–water partition coefficient (Wildman–Crippen LogP) is 1.43. The summed E-state index contributed by atoms with van der Waals surface area (Å²) in [7, 11) is 1.88. The number of Topliss-reactive ketones (excluding diaryl/α,β-unsaturated/α-hetero) is 1. The summed E-state index contributed by atoms with van der Waals surface area (Å²) >= 11 is 0. The Labute approximate surface area is 77.7 Å². The van der Waals surface area contributed by atoms with E-state index in [4.69, 9.17) is 0 Å². The molecule has 0 radical (unpaired) electrons. The van der Waals surface area contributed by atoms with Gasteiger partial charge >= 0.3 is 0 Å². The van der Waals surface area contributed by atoms with Gasteiger partial charge in [0.05, 0.1) is 11.1 Å². The van der Waals surface area contributed by atoms with Crippen molar-refractivity contribution in [2.75, 3.05) is 0 Å². The molecule has 0 aromatic carbocycles. The van der Waals surface area contributed by atoms with Crippen LogP contribution in [0.5, 0.6) is 0 Å². The van der Waals surface area contributed by atoms with Crippen molar-refractivity contribution in [3.8, 4) is 0 Å². The molecule has 1 aromatic rings. The summed E-state index contributed by atoms with van der Waals surface area (Å²) in [6.45, 7) is 2.00. The number of rotatable bonds is 1. The van der Waals surface area contributed by atoms with Crippen molar-refractivity contribution in [2.45, 2.75) is 31.6 Å². The fraction of sp³-hybridized carbons (Fsp3) is 0.600. The molecule has 1 atom stereocenters. The van der Waals surface area contributed by atoms with E-state index in [-0.39, 0.29) is 5.41 Å². The molecule has 0 spiro atoms. The highest BCUT2D eigenvalue weighted by molar-refractivity contribution is 5.91. The van der Waals surface area contributed by atoms with Crippen LogP contribution < -0.4 is 0 Å². The van der Waals surface area contributed by atoms with Crippen LogP contribution in [0.3, 0.4) is 0 Å². The van der Waals surface area contributed by atoms with Crippen molar-refractivity contribution in [2.24, 2.45) is 7.05 Å². The number of ketones is 1. The highest BCUT2D eigenvalue weighted by atomic mass is 16.1. The maximum atomic E-state index is 11.7. The number of carbonyl (C=O) groups is 1. The quantitative estimate of drug-likeness (QED) is 0.652. The minimum absolute atomic E-state index is 0.304. The highest BCUT2D eigenvalue weighted by Gasteiger charge is 2.40. The zero-order valence-electron chi connectivity index (χ0n) is 8.08. The van der Waals surface area contributed by atoms with Crippen molar-refractivity contribution in [3.05, 3.63) is 18.0 Å². The summed E-state index contributed by atoms with van der Waals surface area (Å²) in [6.07, 6.45) is 4.56. The summed E-state index contributed by atoms with van der Waals surface area (Å²) in [5.41, 5.74) is 0.624. The zero-order chi connectivity index (χ0) is 9.47. The summed E-state index contributed by atoms with van der Waals surface area (Å²) in [6, 6.07) is 1.95. The molecule has 1 unspecified atom stereocenters. The van der Waals surface area contributed by atoms with Crippen LogP contribution in [0.15, 0.2) is 12.3 Å². The topological polar surface area (TPSA) is 34.9 Å². The van der Waals surface area contributed by atoms with E-state index in [9.17, 15) is 4.79 Å². The molecular formula is C10H14N2O. The molecule has 2 rings (SSSR count). The molecule has 0 bridgehead atoms. The second kappa shape index (κ2) is 2.69. The molecule has 1 fully saturated rings. The van der Waals surface area contributed by atoms with Crippen LogP contribution in [-0.4, -0.2) is 15.6 Å². The number of hydrogen-bond donors (Lipinski definition) is 0. The minimum atomic E-state index is -0.304. The first-order chi connectivity index (χ1) is 6.13. The Morgan fingerprint density at radius 1 is 1.62 bits per heavy atom. The Balaban J connectivity index is 2.39. The molecule has 13 heavy (non-hydrogen) atoms. The summed E-state index contributed by atoms with van der Waals surface area (Å²) < 4.78 is 1.76. The van der Waals surface area contributed by atoms with E-state index in [0.717, 1.165) is 18.5 Å². The van der Waals surface area contributed by atoms with Gasteiger partial charge in [0.1, 0.15) is 5.78 Å². The molecule has 1 aromatic heterocycles. The second-order valence-electron chi connectivity index (χ2n) is 3.98. The van der Waals surface area contributed by atoms with Gasteiger partial charge in [-0.2, -0.15) is 5.10 Å². The molecule has 3 heteroatoms. The molecule has 0 amide bonds. The van der Waals surface area contributed by atoms with Gasteiger partial charge in [0, 0.05) is 19.7 Å². The molecule has 70 valence electrons. The molecule has 3 nitrogen and oxygen atoms in total. The Bertz CT molecular complexity index is 342. The number of hydrogen-bond acceptors (Lipinski definition) is 2. The van der Waals surface area contributed by atoms with Crippen molar-refractivity contribution in [1.29, 1.82) is 0 Å². The molecule has 1 aliphatic rings. The van der Waals surface area contributed by atoms with E-state index in [0.29, 0.717) is 12.2 Å². The summed E-state index contributed by atoms with van der Waals surface area (Å²) in [4.78, 5) is 11.7. The van der Waals surface area contributed by atoms with Gasteiger partial charge in [0.15, 0.2) is 0 Å². The Morgan fingerprint density at radius 3 is 2.85 bits per heavy atom. The number of aryl methyl sites for hydroxylation is 1. The van der Waals surface area contributed by atoms with Crippen LogP contribution in [0.1, 0.15) is 31.9 Å². The smallest absolute Gasteiger partial charge is 0.144 e. The standard InChI is InChI=1S/C10H14N2O/c1-10(6-3-4-9(10)13)8-5-7-12(2)11-8/h5,7H,3-4,6H2,1-2H3. The van der Waals surface area contributed by atoms with E-state index in [1.165, 1.54) is 0 Å². The maximum absolute atomic E-state index is 11.7. The molecule has 1 heterocycles. The van der Waals surface area contributed by atoms with Gasteiger partial charge in [-0.25, -0.2) is 0 Å². The molecule has 0 N–H and O–H groups in total. The third-order valence-electron chi connectivity index (χ3n) is 2.97. The van der Waals surface area contributed by atoms with Crippen LogP contribution in [0, 0.1) is 0 Å².